The quantitative estimate of drug-likeness (QED) is 0.734. The summed E-state index contributed by atoms with van der Waals surface area (Å²) in [4.78, 5) is 12.1. The third-order valence-electron chi connectivity index (χ3n) is 3.08. The lowest BCUT2D eigenvalue weighted by Crippen LogP contribution is -2.20. The molecule has 2 heterocycles. The van der Waals surface area contributed by atoms with Crippen LogP contribution in [0, 0.1) is 0 Å². The van der Waals surface area contributed by atoms with Gasteiger partial charge in [0.25, 0.3) is 5.56 Å². The fourth-order valence-electron chi connectivity index (χ4n) is 2.05. The van der Waals surface area contributed by atoms with Crippen LogP contribution in [0.25, 0.3) is 16.7 Å². The van der Waals surface area contributed by atoms with E-state index in [1.807, 2.05) is 0 Å². The largest absolute Gasteiger partial charge is 0.493 e. The predicted octanol–water partition coefficient (Wildman–Crippen LogP) is 0.708. The van der Waals surface area contributed by atoms with Crippen LogP contribution in [-0.4, -0.2) is 34.2 Å². The number of hydrogen-bond donors (Lipinski definition) is 2. The van der Waals surface area contributed by atoms with Gasteiger partial charge in [-0.3, -0.25) is 9.89 Å². The molecule has 1 aromatic carbocycles. The first-order valence-electron chi connectivity index (χ1n) is 6.10. The van der Waals surface area contributed by atoms with Crippen LogP contribution in [0.1, 0.15) is 0 Å². The Labute approximate surface area is 119 Å². The summed E-state index contributed by atoms with van der Waals surface area (Å²) < 4.78 is 11.6. The van der Waals surface area contributed by atoms with Crippen molar-refractivity contribution >= 4 is 16.9 Å². The lowest BCUT2D eigenvalue weighted by Gasteiger charge is -2.10. The molecule has 0 bridgehead atoms. The highest BCUT2D eigenvalue weighted by atomic mass is 16.5. The van der Waals surface area contributed by atoms with Gasteiger partial charge in [0, 0.05) is 12.1 Å². The second kappa shape index (κ2) is 4.82. The molecule has 0 saturated carbocycles. The first-order chi connectivity index (χ1) is 10.1. The number of rotatable bonds is 3. The Morgan fingerprint density at radius 2 is 1.95 bits per heavy atom. The molecule has 8 nitrogen and oxygen atoms in total. The number of hydrogen-bond acceptors (Lipinski definition) is 6. The van der Waals surface area contributed by atoms with Crippen molar-refractivity contribution in [2.45, 2.75) is 0 Å². The Morgan fingerprint density at radius 3 is 2.67 bits per heavy atom. The van der Waals surface area contributed by atoms with Crippen LogP contribution in [0.5, 0.6) is 11.5 Å². The average molecular weight is 287 g/mol. The minimum absolute atomic E-state index is 0.235. The highest BCUT2D eigenvalue weighted by molar-refractivity contribution is 5.83. The van der Waals surface area contributed by atoms with E-state index >= 15 is 0 Å². The summed E-state index contributed by atoms with van der Waals surface area (Å²) in [6.45, 7) is 0. The van der Waals surface area contributed by atoms with Gasteiger partial charge in [0.2, 0.25) is 0 Å². The van der Waals surface area contributed by atoms with E-state index in [9.17, 15) is 4.79 Å². The van der Waals surface area contributed by atoms with Gasteiger partial charge in [0.1, 0.15) is 0 Å². The third kappa shape index (κ3) is 2.06. The Bertz CT molecular complexity index is 868. The van der Waals surface area contributed by atoms with Crippen molar-refractivity contribution in [2.24, 2.45) is 0 Å². The molecule has 0 aliphatic heterocycles. The van der Waals surface area contributed by atoms with E-state index in [4.69, 9.17) is 15.2 Å². The normalized spacial score (nSPS) is 10.8. The second-order valence-electron chi connectivity index (χ2n) is 4.30. The van der Waals surface area contributed by atoms with E-state index in [0.717, 1.165) is 0 Å². The molecule has 2 aromatic heterocycles. The first kappa shape index (κ1) is 13.0. The van der Waals surface area contributed by atoms with Crippen LogP contribution < -0.4 is 20.8 Å². The molecule has 0 atom stereocenters. The zero-order valence-corrected chi connectivity index (χ0v) is 11.5. The zero-order valence-electron chi connectivity index (χ0n) is 11.5. The van der Waals surface area contributed by atoms with E-state index in [0.29, 0.717) is 28.2 Å². The Balaban J connectivity index is 2.22. The standard InChI is InChI=1S/C13H13N5O3/c1-20-9-4-3-7(5-10(9)21-2)18-11(19)6-8-12(17-18)13(14)16-15-8/h3-6,15H,1-2H3,(H2,14,16). The number of nitrogens with two attached hydrogens (primary N) is 1. The number of benzene rings is 1. The topological polar surface area (TPSA) is 108 Å². The fourth-order valence-corrected chi connectivity index (χ4v) is 2.05. The second-order valence-corrected chi connectivity index (χ2v) is 4.30. The molecular formula is C13H13N5O3. The summed E-state index contributed by atoms with van der Waals surface area (Å²) in [6.07, 6.45) is 0. The summed E-state index contributed by atoms with van der Waals surface area (Å²) in [5.74, 6) is 1.31. The monoisotopic (exact) mass is 287 g/mol. The molecule has 0 saturated heterocycles. The van der Waals surface area contributed by atoms with Crippen molar-refractivity contribution < 1.29 is 9.47 Å². The molecule has 0 aliphatic rings. The van der Waals surface area contributed by atoms with Crippen LogP contribution in [-0.2, 0) is 0 Å². The van der Waals surface area contributed by atoms with Crippen molar-refractivity contribution in [3.63, 3.8) is 0 Å². The van der Waals surface area contributed by atoms with Gasteiger partial charge in [-0.25, -0.2) is 0 Å². The number of fused-ring (bicyclic) bond motifs is 1. The van der Waals surface area contributed by atoms with Gasteiger partial charge < -0.3 is 15.2 Å². The maximum Gasteiger partial charge on any atom is 0.273 e. The van der Waals surface area contributed by atoms with Gasteiger partial charge in [0.15, 0.2) is 22.8 Å². The van der Waals surface area contributed by atoms with E-state index in [-0.39, 0.29) is 11.4 Å². The number of nitrogen functional groups attached to an aromatic ring is 1. The van der Waals surface area contributed by atoms with Gasteiger partial charge >= 0.3 is 0 Å². The van der Waals surface area contributed by atoms with Crippen molar-refractivity contribution in [3.05, 3.63) is 34.6 Å². The average Bonchev–Trinajstić information content (AvgIpc) is 2.86. The molecule has 0 aliphatic carbocycles. The van der Waals surface area contributed by atoms with E-state index in [2.05, 4.69) is 15.3 Å². The number of H-pyrrole nitrogens is 1. The summed E-state index contributed by atoms with van der Waals surface area (Å²) in [6, 6.07) is 6.46. The molecule has 21 heavy (non-hydrogen) atoms. The number of nitrogens with zero attached hydrogens (tertiary/aromatic N) is 3. The third-order valence-corrected chi connectivity index (χ3v) is 3.08. The maximum absolute atomic E-state index is 12.1. The van der Waals surface area contributed by atoms with Gasteiger partial charge in [-0.15, -0.1) is 0 Å². The Morgan fingerprint density at radius 1 is 1.19 bits per heavy atom. The molecule has 0 amide bonds. The van der Waals surface area contributed by atoms with E-state index in [1.54, 1.807) is 25.3 Å². The van der Waals surface area contributed by atoms with Crippen molar-refractivity contribution in [1.29, 1.82) is 0 Å². The molecule has 0 radical (unpaired) electrons. The van der Waals surface area contributed by atoms with Gasteiger partial charge in [-0.1, -0.05) is 0 Å². The van der Waals surface area contributed by atoms with Crippen LogP contribution in [0.2, 0.25) is 0 Å². The van der Waals surface area contributed by atoms with Crippen LogP contribution >= 0.6 is 0 Å². The molecule has 108 valence electrons. The zero-order chi connectivity index (χ0) is 15.0. The summed E-state index contributed by atoms with van der Waals surface area (Å²) in [5.41, 5.74) is 6.87. The number of aromatic nitrogens is 4. The predicted molar refractivity (Wildman–Crippen MR) is 77.0 cm³/mol. The smallest absolute Gasteiger partial charge is 0.273 e. The first-order valence-corrected chi connectivity index (χ1v) is 6.10. The Kier molecular flexibility index (Phi) is 2.98. The minimum atomic E-state index is -0.307. The molecule has 0 spiro atoms. The maximum atomic E-state index is 12.1. The number of methoxy groups -OCH3 is 2. The lowest BCUT2D eigenvalue weighted by molar-refractivity contribution is 0.354. The number of ether oxygens (including phenoxy) is 2. The van der Waals surface area contributed by atoms with Crippen LogP contribution in [0.15, 0.2) is 29.1 Å². The molecule has 0 unspecified atom stereocenters. The summed E-state index contributed by atoms with van der Waals surface area (Å²) >= 11 is 0. The Hall–Kier alpha value is -3.03. The van der Waals surface area contributed by atoms with Crippen LogP contribution in [0.3, 0.4) is 0 Å². The summed E-state index contributed by atoms with van der Waals surface area (Å²) in [5, 5.41) is 10.7. The highest BCUT2D eigenvalue weighted by Crippen LogP contribution is 2.28. The van der Waals surface area contributed by atoms with Crippen LogP contribution in [0.4, 0.5) is 5.82 Å². The summed E-state index contributed by atoms with van der Waals surface area (Å²) in [7, 11) is 3.06. The van der Waals surface area contributed by atoms with Crippen molar-refractivity contribution in [3.8, 4) is 17.2 Å². The number of nitrogens with one attached hydrogen (secondary N) is 1. The molecule has 0 fully saturated rings. The van der Waals surface area contributed by atoms with Crippen molar-refractivity contribution in [1.82, 2.24) is 20.0 Å². The van der Waals surface area contributed by atoms with E-state index < -0.39 is 0 Å². The molecule has 8 heteroatoms. The molecular weight excluding hydrogens is 274 g/mol. The SMILES string of the molecule is COc1ccc(-n2nc3c(N)n[nH]c3cc2=O)cc1OC. The van der Waals surface area contributed by atoms with Gasteiger partial charge in [-0.2, -0.15) is 14.9 Å². The number of aromatic amines is 1. The molecule has 3 N–H and O–H groups in total. The van der Waals surface area contributed by atoms with Crippen molar-refractivity contribution in [2.75, 3.05) is 20.0 Å². The van der Waals surface area contributed by atoms with E-state index in [1.165, 1.54) is 17.9 Å². The fraction of sp³-hybridized carbons (Fsp3) is 0.154. The van der Waals surface area contributed by atoms with Gasteiger partial charge in [-0.05, 0) is 12.1 Å². The lowest BCUT2D eigenvalue weighted by atomic mass is 10.2. The minimum Gasteiger partial charge on any atom is -0.493 e. The number of anilines is 1. The molecule has 3 aromatic rings. The molecule has 3 rings (SSSR count). The van der Waals surface area contributed by atoms with Gasteiger partial charge in [0.05, 0.1) is 25.4 Å². The highest BCUT2D eigenvalue weighted by Gasteiger charge is 2.11.